The van der Waals surface area contributed by atoms with Crippen molar-refractivity contribution in [2.45, 2.75) is 43.4 Å². The molecule has 182 valence electrons. The molecule has 1 aliphatic heterocycles. The van der Waals surface area contributed by atoms with Crippen LogP contribution in [0.25, 0.3) is 10.9 Å². The van der Waals surface area contributed by atoms with Gasteiger partial charge in [-0.05, 0) is 43.2 Å². The van der Waals surface area contributed by atoms with Gasteiger partial charge in [0.15, 0.2) is 0 Å². The fourth-order valence-corrected chi connectivity index (χ4v) is 4.35. The summed E-state index contributed by atoms with van der Waals surface area (Å²) in [6, 6.07) is 6.55. The number of halogens is 3. The summed E-state index contributed by atoms with van der Waals surface area (Å²) in [5.74, 6) is -1.39. The van der Waals surface area contributed by atoms with Gasteiger partial charge in [0.1, 0.15) is 11.9 Å². The van der Waals surface area contributed by atoms with Gasteiger partial charge >= 0.3 is 6.18 Å². The van der Waals surface area contributed by atoms with Crippen molar-refractivity contribution in [1.82, 2.24) is 20.2 Å². The second-order valence-electron chi connectivity index (χ2n) is 8.02. The molecule has 35 heavy (non-hydrogen) atoms. The summed E-state index contributed by atoms with van der Waals surface area (Å²) in [4.78, 5) is 54.2. The molecular weight excluding hydrogens is 485 g/mol. The highest BCUT2D eigenvalue weighted by Gasteiger charge is 2.32. The molecule has 0 spiro atoms. The summed E-state index contributed by atoms with van der Waals surface area (Å²) in [6.07, 6.45) is -4.34. The molecule has 1 fully saturated rings. The fourth-order valence-electron chi connectivity index (χ4n) is 4.04. The maximum absolute atomic E-state index is 13.4. The summed E-state index contributed by atoms with van der Waals surface area (Å²) < 4.78 is 39.9. The molecule has 1 atom stereocenters. The molecule has 2 aromatic carbocycles. The third kappa shape index (κ3) is 4.78. The van der Waals surface area contributed by atoms with Gasteiger partial charge in [0.25, 0.3) is 11.5 Å². The molecule has 1 unspecified atom stereocenters. The van der Waals surface area contributed by atoms with Crippen LogP contribution in [0.2, 0.25) is 0 Å². The molecule has 0 saturated carbocycles. The molecule has 4 rings (SSSR count). The lowest BCUT2D eigenvalue weighted by Gasteiger charge is -2.24. The summed E-state index contributed by atoms with van der Waals surface area (Å²) in [6.45, 7) is 1.46. The van der Waals surface area contributed by atoms with Crippen LogP contribution in [0.15, 0.2) is 46.1 Å². The van der Waals surface area contributed by atoms with Crippen molar-refractivity contribution in [3.8, 4) is 0 Å². The van der Waals surface area contributed by atoms with E-state index in [9.17, 15) is 32.3 Å². The van der Waals surface area contributed by atoms with Crippen LogP contribution in [0.5, 0.6) is 0 Å². The van der Waals surface area contributed by atoms with E-state index in [-0.39, 0.29) is 35.2 Å². The minimum absolute atomic E-state index is 0.0588. The largest absolute Gasteiger partial charge is 0.416 e. The van der Waals surface area contributed by atoms with E-state index in [4.69, 9.17) is 0 Å². The molecule has 0 aliphatic carbocycles. The number of alkyl halides is 3. The van der Waals surface area contributed by atoms with Crippen molar-refractivity contribution >= 4 is 41.3 Å². The SMILES string of the molecule is Cc1nc2cccc(CNC(=O)c3ccc(C(F)(F)F)cc3S)c2c(=O)n1C1CCC(=O)NC1=O. The van der Waals surface area contributed by atoms with Crippen LogP contribution in [0.1, 0.15) is 46.2 Å². The average molecular weight is 504 g/mol. The zero-order valence-electron chi connectivity index (χ0n) is 18.3. The number of imide groups is 1. The van der Waals surface area contributed by atoms with Gasteiger partial charge in [-0.1, -0.05) is 12.1 Å². The smallest absolute Gasteiger partial charge is 0.348 e. The molecule has 2 N–H and O–H groups in total. The number of carbonyl (C=O) groups excluding carboxylic acids is 3. The number of hydrogen-bond acceptors (Lipinski definition) is 6. The molecule has 0 bridgehead atoms. The number of carbonyl (C=O) groups is 3. The average Bonchev–Trinajstić information content (AvgIpc) is 2.77. The van der Waals surface area contributed by atoms with Gasteiger partial charge < -0.3 is 5.32 Å². The van der Waals surface area contributed by atoms with E-state index in [0.717, 1.165) is 18.2 Å². The molecule has 0 radical (unpaired) electrons. The van der Waals surface area contributed by atoms with E-state index in [1.165, 1.54) is 4.57 Å². The first-order valence-corrected chi connectivity index (χ1v) is 10.9. The van der Waals surface area contributed by atoms with Crippen LogP contribution in [0.4, 0.5) is 13.2 Å². The lowest BCUT2D eigenvalue weighted by Crippen LogP contribution is -2.45. The van der Waals surface area contributed by atoms with E-state index in [0.29, 0.717) is 16.9 Å². The second-order valence-corrected chi connectivity index (χ2v) is 8.51. The van der Waals surface area contributed by atoms with Crippen molar-refractivity contribution < 1.29 is 27.6 Å². The van der Waals surface area contributed by atoms with Crippen LogP contribution in [0, 0.1) is 6.92 Å². The molecule has 3 aromatic rings. The number of fused-ring (bicyclic) bond motifs is 1. The quantitative estimate of drug-likeness (QED) is 0.374. The summed E-state index contributed by atoms with van der Waals surface area (Å²) in [5, 5.41) is 5.00. The lowest BCUT2D eigenvalue weighted by molar-refractivity contribution is -0.138. The van der Waals surface area contributed by atoms with Gasteiger partial charge in [0.05, 0.1) is 22.0 Å². The van der Waals surface area contributed by atoms with Gasteiger partial charge in [0.2, 0.25) is 11.8 Å². The Morgan fingerprint density at radius 3 is 2.63 bits per heavy atom. The highest BCUT2D eigenvalue weighted by Crippen LogP contribution is 2.31. The minimum Gasteiger partial charge on any atom is -0.348 e. The van der Waals surface area contributed by atoms with Gasteiger partial charge in [-0.3, -0.25) is 29.1 Å². The van der Waals surface area contributed by atoms with Crippen molar-refractivity contribution in [2.24, 2.45) is 0 Å². The monoisotopic (exact) mass is 504 g/mol. The van der Waals surface area contributed by atoms with Gasteiger partial charge in [-0.15, -0.1) is 12.6 Å². The number of hydrogen-bond donors (Lipinski definition) is 3. The minimum atomic E-state index is -4.57. The third-order valence-corrected chi connectivity index (χ3v) is 6.09. The first-order chi connectivity index (χ1) is 16.5. The molecule has 12 heteroatoms. The third-order valence-electron chi connectivity index (χ3n) is 5.72. The van der Waals surface area contributed by atoms with E-state index in [1.54, 1.807) is 25.1 Å². The topological polar surface area (TPSA) is 110 Å². The number of thiol groups is 1. The number of rotatable bonds is 4. The van der Waals surface area contributed by atoms with Crippen molar-refractivity contribution in [2.75, 3.05) is 0 Å². The van der Waals surface area contributed by atoms with Crippen molar-refractivity contribution in [3.05, 3.63) is 69.3 Å². The standard InChI is InChI=1S/C23H19F3N4O4S/c1-11-28-15-4-2-3-12(19(15)22(34)30(11)16-7-8-18(31)29-21(16)33)10-27-20(32)14-6-5-13(9-17(14)35)23(24,25)26/h2-6,9,16,35H,7-8,10H2,1H3,(H,27,32)(H,29,31,33). The molecule has 8 nitrogen and oxygen atoms in total. The van der Waals surface area contributed by atoms with Crippen LogP contribution >= 0.6 is 12.6 Å². The number of nitrogens with one attached hydrogen (secondary N) is 2. The van der Waals surface area contributed by atoms with E-state index in [1.807, 2.05) is 0 Å². The maximum Gasteiger partial charge on any atom is 0.416 e. The highest BCUT2D eigenvalue weighted by molar-refractivity contribution is 7.80. The number of nitrogens with zero attached hydrogens (tertiary/aromatic N) is 2. The first-order valence-electron chi connectivity index (χ1n) is 10.5. The zero-order valence-corrected chi connectivity index (χ0v) is 19.2. The normalized spacial score (nSPS) is 16.3. The Bertz CT molecular complexity index is 1430. The Balaban J connectivity index is 1.65. The Hall–Kier alpha value is -3.67. The van der Waals surface area contributed by atoms with Crippen molar-refractivity contribution in [3.63, 3.8) is 0 Å². The summed E-state index contributed by atoms with van der Waals surface area (Å²) in [7, 11) is 0. The summed E-state index contributed by atoms with van der Waals surface area (Å²) >= 11 is 4.01. The van der Waals surface area contributed by atoms with Gasteiger partial charge in [-0.25, -0.2) is 4.98 Å². The Morgan fingerprint density at radius 1 is 1.23 bits per heavy atom. The Labute approximate surface area is 201 Å². The van der Waals surface area contributed by atoms with E-state index >= 15 is 0 Å². The van der Waals surface area contributed by atoms with Crippen LogP contribution in [-0.2, 0) is 22.3 Å². The second kappa shape index (κ2) is 9.17. The lowest BCUT2D eigenvalue weighted by atomic mass is 10.0. The number of aryl methyl sites for hydroxylation is 1. The first kappa shape index (κ1) is 24.5. The van der Waals surface area contributed by atoms with Gasteiger partial charge in [-0.2, -0.15) is 13.2 Å². The van der Waals surface area contributed by atoms with Crippen LogP contribution < -0.4 is 16.2 Å². The van der Waals surface area contributed by atoms with Crippen molar-refractivity contribution in [1.29, 1.82) is 0 Å². The Kier molecular flexibility index (Phi) is 6.41. The number of aromatic nitrogens is 2. The number of benzene rings is 2. The Morgan fingerprint density at radius 2 is 1.97 bits per heavy atom. The molecule has 1 aromatic heterocycles. The molecular formula is C23H19F3N4O4S. The van der Waals surface area contributed by atoms with Crippen LogP contribution in [-0.4, -0.2) is 27.3 Å². The number of piperidine rings is 1. The summed E-state index contributed by atoms with van der Waals surface area (Å²) in [5.41, 5.74) is -0.731. The highest BCUT2D eigenvalue weighted by atomic mass is 32.1. The molecule has 2 heterocycles. The van der Waals surface area contributed by atoms with E-state index in [2.05, 4.69) is 28.2 Å². The number of amides is 3. The molecule has 3 amide bonds. The van der Waals surface area contributed by atoms with Crippen LogP contribution in [0.3, 0.4) is 0 Å². The molecule has 1 aliphatic rings. The van der Waals surface area contributed by atoms with E-state index < -0.39 is 41.1 Å². The maximum atomic E-state index is 13.4. The zero-order chi connectivity index (χ0) is 25.5. The van der Waals surface area contributed by atoms with Gasteiger partial charge in [0, 0.05) is 17.9 Å². The predicted octanol–water partition coefficient (Wildman–Crippen LogP) is 2.92. The fraction of sp³-hybridized carbons (Fsp3) is 0.261. The predicted molar refractivity (Wildman–Crippen MR) is 122 cm³/mol. The molecule has 1 saturated heterocycles.